The molecule has 0 aromatic heterocycles. The van der Waals surface area contributed by atoms with Gasteiger partial charge in [-0.2, -0.15) is 0 Å². The maximum absolute atomic E-state index is 11.8. The summed E-state index contributed by atoms with van der Waals surface area (Å²) in [5, 5.41) is 2.83. The van der Waals surface area contributed by atoms with Gasteiger partial charge in [0, 0.05) is 12.2 Å². The summed E-state index contributed by atoms with van der Waals surface area (Å²) in [6.07, 6.45) is 0.736. The van der Waals surface area contributed by atoms with Gasteiger partial charge in [0.25, 0.3) is 0 Å². The molecule has 0 radical (unpaired) electrons. The van der Waals surface area contributed by atoms with Crippen molar-refractivity contribution in [3.63, 3.8) is 0 Å². The summed E-state index contributed by atoms with van der Waals surface area (Å²) in [5.74, 6) is 0.539. The van der Waals surface area contributed by atoms with Crippen LogP contribution in [0.3, 0.4) is 0 Å². The third kappa shape index (κ3) is 3.71. The number of amides is 1. The Bertz CT molecular complexity index is 392. The van der Waals surface area contributed by atoms with Crippen molar-refractivity contribution in [1.29, 1.82) is 0 Å². The quantitative estimate of drug-likeness (QED) is 0.877. The Morgan fingerprint density at radius 2 is 2.29 bits per heavy atom. The van der Waals surface area contributed by atoms with Gasteiger partial charge in [-0.1, -0.05) is 6.92 Å². The number of benzene rings is 1. The van der Waals surface area contributed by atoms with E-state index in [0.717, 1.165) is 22.3 Å². The molecule has 3 N–H and O–H groups in total. The molecule has 0 aliphatic heterocycles. The van der Waals surface area contributed by atoms with E-state index in [2.05, 4.69) is 21.2 Å². The molecular formula is C12H17BrN2O2. The van der Waals surface area contributed by atoms with Gasteiger partial charge in [-0.15, -0.1) is 0 Å². The molecule has 4 nitrogen and oxygen atoms in total. The van der Waals surface area contributed by atoms with Gasteiger partial charge in [-0.05, 0) is 40.5 Å². The largest absolute Gasteiger partial charge is 0.496 e. The minimum Gasteiger partial charge on any atom is -0.496 e. The van der Waals surface area contributed by atoms with Crippen molar-refractivity contribution in [2.45, 2.75) is 13.3 Å². The Labute approximate surface area is 110 Å². The van der Waals surface area contributed by atoms with Crippen LogP contribution in [0.15, 0.2) is 22.7 Å². The Balaban J connectivity index is 2.75. The monoisotopic (exact) mass is 300 g/mol. The third-order valence-electron chi connectivity index (χ3n) is 2.57. The Morgan fingerprint density at radius 3 is 2.76 bits per heavy atom. The summed E-state index contributed by atoms with van der Waals surface area (Å²) in [5.41, 5.74) is 6.25. The summed E-state index contributed by atoms with van der Waals surface area (Å²) in [6.45, 7) is 2.31. The van der Waals surface area contributed by atoms with Crippen LogP contribution in [0.4, 0.5) is 5.69 Å². The average molecular weight is 301 g/mol. The van der Waals surface area contributed by atoms with Gasteiger partial charge in [0.15, 0.2) is 0 Å². The molecule has 17 heavy (non-hydrogen) atoms. The van der Waals surface area contributed by atoms with Gasteiger partial charge < -0.3 is 15.8 Å². The number of hydrogen-bond acceptors (Lipinski definition) is 3. The van der Waals surface area contributed by atoms with Gasteiger partial charge >= 0.3 is 0 Å². The normalized spacial score (nSPS) is 12.0. The van der Waals surface area contributed by atoms with Crippen molar-refractivity contribution < 1.29 is 9.53 Å². The van der Waals surface area contributed by atoms with Crippen molar-refractivity contribution in [2.24, 2.45) is 11.7 Å². The molecule has 0 heterocycles. The summed E-state index contributed by atoms with van der Waals surface area (Å²) in [7, 11) is 1.60. The number of methoxy groups -OCH3 is 1. The first-order valence-corrected chi connectivity index (χ1v) is 6.26. The van der Waals surface area contributed by atoms with Crippen LogP contribution in [0.25, 0.3) is 0 Å². The first kappa shape index (κ1) is 14.0. The van der Waals surface area contributed by atoms with E-state index in [-0.39, 0.29) is 11.8 Å². The summed E-state index contributed by atoms with van der Waals surface area (Å²) < 4.78 is 5.92. The fraction of sp³-hybridized carbons (Fsp3) is 0.417. The molecular weight excluding hydrogens is 284 g/mol. The van der Waals surface area contributed by atoms with E-state index in [0.29, 0.717) is 6.54 Å². The summed E-state index contributed by atoms with van der Waals surface area (Å²) in [6, 6.07) is 5.40. The average Bonchev–Trinajstić information content (AvgIpc) is 2.31. The molecule has 1 amide bonds. The second kappa shape index (κ2) is 6.61. The van der Waals surface area contributed by atoms with E-state index in [1.165, 1.54) is 0 Å². The lowest BCUT2D eigenvalue weighted by Crippen LogP contribution is -2.28. The summed E-state index contributed by atoms with van der Waals surface area (Å²) >= 11 is 3.37. The van der Waals surface area contributed by atoms with Crippen molar-refractivity contribution in [1.82, 2.24) is 0 Å². The lowest BCUT2D eigenvalue weighted by molar-refractivity contribution is -0.119. The number of halogens is 1. The predicted molar refractivity (Wildman–Crippen MR) is 72.2 cm³/mol. The molecule has 0 bridgehead atoms. The van der Waals surface area contributed by atoms with Gasteiger partial charge in [0.2, 0.25) is 5.91 Å². The maximum Gasteiger partial charge on any atom is 0.228 e. The number of nitrogens with two attached hydrogens (primary N) is 1. The fourth-order valence-electron chi connectivity index (χ4n) is 1.45. The van der Waals surface area contributed by atoms with Crippen molar-refractivity contribution in [2.75, 3.05) is 19.0 Å². The van der Waals surface area contributed by atoms with E-state index >= 15 is 0 Å². The van der Waals surface area contributed by atoms with Gasteiger partial charge in [0.1, 0.15) is 5.75 Å². The highest BCUT2D eigenvalue weighted by Crippen LogP contribution is 2.27. The van der Waals surface area contributed by atoms with Crippen LogP contribution < -0.4 is 15.8 Å². The molecule has 0 aliphatic rings. The number of rotatable bonds is 5. The third-order valence-corrected chi connectivity index (χ3v) is 3.19. The van der Waals surface area contributed by atoms with Crippen LogP contribution in [0.1, 0.15) is 13.3 Å². The van der Waals surface area contributed by atoms with Crippen molar-refractivity contribution in [3.8, 4) is 5.75 Å². The predicted octanol–water partition coefficient (Wildman–Crippen LogP) is 2.38. The minimum absolute atomic E-state index is 0.0490. The Morgan fingerprint density at radius 1 is 1.59 bits per heavy atom. The number of nitrogens with one attached hydrogen (secondary N) is 1. The molecule has 1 atom stereocenters. The van der Waals surface area contributed by atoms with Crippen LogP contribution in [-0.4, -0.2) is 19.6 Å². The molecule has 1 unspecified atom stereocenters. The zero-order valence-electron chi connectivity index (χ0n) is 10.00. The second-order valence-corrected chi connectivity index (χ2v) is 4.53. The highest BCUT2D eigenvalue weighted by Gasteiger charge is 2.14. The van der Waals surface area contributed by atoms with E-state index in [9.17, 15) is 4.79 Å². The SMILES string of the molecule is CCC(CN)C(=O)Nc1ccc(OC)c(Br)c1. The van der Waals surface area contributed by atoms with Crippen LogP contribution in [-0.2, 0) is 4.79 Å². The highest BCUT2D eigenvalue weighted by atomic mass is 79.9. The minimum atomic E-state index is -0.143. The standard InChI is InChI=1S/C12H17BrN2O2/c1-3-8(7-14)12(16)15-9-4-5-11(17-2)10(13)6-9/h4-6,8H,3,7,14H2,1-2H3,(H,15,16). The molecule has 1 rings (SSSR count). The molecule has 0 aliphatic carbocycles. The van der Waals surface area contributed by atoms with Crippen LogP contribution in [0.2, 0.25) is 0 Å². The molecule has 1 aromatic rings. The van der Waals surface area contributed by atoms with Gasteiger partial charge in [0.05, 0.1) is 17.5 Å². The molecule has 0 fully saturated rings. The second-order valence-electron chi connectivity index (χ2n) is 3.68. The van der Waals surface area contributed by atoms with Crippen LogP contribution in [0.5, 0.6) is 5.75 Å². The van der Waals surface area contributed by atoms with E-state index in [1.54, 1.807) is 25.3 Å². The molecule has 5 heteroatoms. The van der Waals surface area contributed by atoms with Gasteiger partial charge in [-0.25, -0.2) is 0 Å². The lowest BCUT2D eigenvalue weighted by Gasteiger charge is -2.13. The van der Waals surface area contributed by atoms with Crippen LogP contribution >= 0.6 is 15.9 Å². The molecule has 1 aromatic carbocycles. The number of ether oxygens (including phenoxy) is 1. The molecule has 0 saturated carbocycles. The first-order valence-electron chi connectivity index (χ1n) is 5.46. The van der Waals surface area contributed by atoms with Crippen molar-refractivity contribution >= 4 is 27.5 Å². The number of hydrogen-bond donors (Lipinski definition) is 2. The Kier molecular flexibility index (Phi) is 5.44. The Hall–Kier alpha value is -1.07. The lowest BCUT2D eigenvalue weighted by atomic mass is 10.1. The maximum atomic E-state index is 11.8. The molecule has 0 spiro atoms. The number of carbonyl (C=O) groups is 1. The van der Waals surface area contributed by atoms with E-state index in [1.807, 2.05) is 6.92 Å². The zero-order valence-corrected chi connectivity index (χ0v) is 11.6. The van der Waals surface area contributed by atoms with E-state index in [4.69, 9.17) is 10.5 Å². The zero-order chi connectivity index (χ0) is 12.8. The van der Waals surface area contributed by atoms with E-state index < -0.39 is 0 Å². The smallest absolute Gasteiger partial charge is 0.228 e. The highest BCUT2D eigenvalue weighted by molar-refractivity contribution is 9.10. The first-order chi connectivity index (χ1) is 8.12. The van der Waals surface area contributed by atoms with Gasteiger partial charge in [-0.3, -0.25) is 4.79 Å². The number of anilines is 1. The molecule has 94 valence electrons. The fourth-order valence-corrected chi connectivity index (χ4v) is 1.99. The van der Waals surface area contributed by atoms with Crippen molar-refractivity contribution in [3.05, 3.63) is 22.7 Å². The summed E-state index contributed by atoms with van der Waals surface area (Å²) in [4.78, 5) is 11.8. The van der Waals surface area contributed by atoms with Crippen LogP contribution in [0, 0.1) is 5.92 Å². The topological polar surface area (TPSA) is 64.4 Å². The number of carbonyl (C=O) groups excluding carboxylic acids is 1. The molecule has 0 saturated heterocycles.